The smallest absolute Gasteiger partial charge is 0.269 e. The van der Waals surface area contributed by atoms with Crippen molar-refractivity contribution in [3.8, 4) is 5.75 Å². The normalized spacial score (nSPS) is 11.8. The minimum atomic E-state index is -0.813. The van der Waals surface area contributed by atoms with E-state index in [1.165, 1.54) is 12.1 Å². The maximum Gasteiger partial charge on any atom is 0.269 e. The van der Waals surface area contributed by atoms with Gasteiger partial charge in [0.1, 0.15) is 5.75 Å². The third kappa shape index (κ3) is 4.43. The lowest BCUT2D eigenvalue weighted by atomic mass is 10.1. The van der Waals surface area contributed by atoms with Crippen LogP contribution < -0.4 is 9.64 Å². The van der Waals surface area contributed by atoms with Gasteiger partial charge in [-0.2, -0.15) is 0 Å². The van der Waals surface area contributed by atoms with E-state index >= 15 is 0 Å². The summed E-state index contributed by atoms with van der Waals surface area (Å²) in [5, 5.41) is 21.1. The van der Waals surface area contributed by atoms with Crippen LogP contribution in [-0.2, 0) is 0 Å². The van der Waals surface area contributed by atoms with Crippen LogP contribution in [-0.4, -0.2) is 30.2 Å². The first-order chi connectivity index (χ1) is 11.0. The van der Waals surface area contributed by atoms with Crippen LogP contribution >= 0.6 is 0 Å². The Balaban J connectivity index is 2.05. The summed E-state index contributed by atoms with van der Waals surface area (Å²) in [5.74, 6) is 0.795. The first kappa shape index (κ1) is 16.8. The SMILES string of the molecule is CCOc1ccc(N(C)CC(O)c2cccc([N+](=O)[O-])c2)cc1. The highest BCUT2D eigenvalue weighted by atomic mass is 16.6. The summed E-state index contributed by atoms with van der Waals surface area (Å²) in [4.78, 5) is 12.2. The van der Waals surface area contributed by atoms with Gasteiger partial charge in [-0.1, -0.05) is 12.1 Å². The molecular weight excluding hydrogens is 296 g/mol. The molecule has 1 N–H and O–H groups in total. The molecule has 0 aromatic heterocycles. The van der Waals surface area contributed by atoms with Gasteiger partial charge in [0, 0.05) is 31.4 Å². The lowest BCUT2D eigenvalue weighted by Crippen LogP contribution is -2.24. The molecule has 1 atom stereocenters. The summed E-state index contributed by atoms with van der Waals surface area (Å²) in [7, 11) is 1.86. The molecule has 0 bridgehead atoms. The molecule has 2 aromatic carbocycles. The summed E-state index contributed by atoms with van der Waals surface area (Å²) in [6.45, 7) is 2.87. The third-order valence-corrected chi connectivity index (χ3v) is 3.50. The number of likely N-dealkylation sites (N-methyl/N-ethyl adjacent to an activating group) is 1. The third-order valence-electron chi connectivity index (χ3n) is 3.50. The van der Waals surface area contributed by atoms with E-state index < -0.39 is 11.0 Å². The number of hydrogen-bond acceptors (Lipinski definition) is 5. The van der Waals surface area contributed by atoms with Gasteiger partial charge >= 0.3 is 0 Å². The number of ether oxygens (including phenoxy) is 1. The molecule has 6 nitrogen and oxygen atoms in total. The molecule has 0 aliphatic carbocycles. The van der Waals surface area contributed by atoms with Gasteiger partial charge in [-0.05, 0) is 36.8 Å². The monoisotopic (exact) mass is 316 g/mol. The molecule has 0 amide bonds. The van der Waals surface area contributed by atoms with Gasteiger partial charge in [-0.25, -0.2) is 0 Å². The summed E-state index contributed by atoms with van der Waals surface area (Å²) >= 11 is 0. The van der Waals surface area contributed by atoms with Gasteiger partial charge in [0.25, 0.3) is 5.69 Å². The second-order valence-electron chi connectivity index (χ2n) is 5.18. The molecular formula is C17H20N2O4. The van der Waals surface area contributed by atoms with E-state index in [0.717, 1.165) is 11.4 Å². The number of benzene rings is 2. The van der Waals surface area contributed by atoms with Gasteiger partial charge in [0.2, 0.25) is 0 Å². The van der Waals surface area contributed by atoms with Crippen molar-refractivity contribution in [1.29, 1.82) is 0 Å². The molecule has 0 fully saturated rings. The van der Waals surface area contributed by atoms with Crippen molar-refractivity contribution in [3.05, 3.63) is 64.2 Å². The van der Waals surface area contributed by atoms with Crippen molar-refractivity contribution in [2.24, 2.45) is 0 Å². The van der Waals surface area contributed by atoms with Crippen LogP contribution in [0.15, 0.2) is 48.5 Å². The van der Waals surface area contributed by atoms with E-state index in [2.05, 4.69) is 0 Å². The maximum absolute atomic E-state index is 10.8. The molecule has 0 aliphatic rings. The fraction of sp³-hybridized carbons (Fsp3) is 0.294. The highest BCUT2D eigenvalue weighted by Gasteiger charge is 2.14. The molecule has 0 aliphatic heterocycles. The van der Waals surface area contributed by atoms with E-state index in [9.17, 15) is 15.2 Å². The predicted octanol–water partition coefficient (Wildman–Crippen LogP) is 3.16. The molecule has 2 rings (SSSR count). The fourth-order valence-corrected chi connectivity index (χ4v) is 2.28. The zero-order chi connectivity index (χ0) is 16.8. The maximum atomic E-state index is 10.8. The minimum absolute atomic E-state index is 0.0229. The lowest BCUT2D eigenvalue weighted by Gasteiger charge is -2.23. The Hall–Kier alpha value is -2.60. The fourth-order valence-electron chi connectivity index (χ4n) is 2.28. The average Bonchev–Trinajstić information content (AvgIpc) is 2.55. The van der Waals surface area contributed by atoms with Crippen molar-refractivity contribution in [3.63, 3.8) is 0 Å². The molecule has 0 saturated carbocycles. The Morgan fingerprint density at radius 1 is 1.26 bits per heavy atom. The van der Waals surface area contributed by atoms with Crippen molar-refractivity contribution in [1.82, 2.24) is 0 Å². The van der Waals surface area contributed by atoms with Crippen molar-refractivity contribution in [2.75, 3.05) is 25.1 Å². The average molecular weight is 316 g/mol. The number of nitro groups is 1. The first-order valence-electron chi connectivity index (χ1n) is 7.37. The van der Waals surface area contributed by atoms with Crippen molar-refractivity contribution >= 4 is 11.4 Å². The van der Waals surface area contributed by atoms with Gasteiger partial charge in [0.05, 0.1) is 17.6 Å². The highest BCUT2D eigenvalue weighted by Crippen LogP contribution is 2.23. The number of rotatable bonds is 7. The van der Waals surface area contributed by atoms with E-state index in [0.29, 0.717) is 18.7 Å². The predicted molar refractivity (Wildman–Crippen MR) is 88.9 cm³/mol. The molecule has 6 heteroatoms. The largest absolute Gasteiger partial charge is 0.494 e. The van der Waals surface area contributed by atoms with Crippen LogP contribution in [0.5, 0.6) is 5.75 Å². The van der Waals surface area contributed by atoms with Crippen LogP contribution in [0.2, 0.25) is 0 Å². The number of non-ortho nitro benzene ring substituents is 1. The zero-order valence-corrected chi connectivity index (χ0v) is 13.2. The first-order valence-corrected chi connectivity index (χ1v) is 7.37. The van der Waals surface area contributed by atoms with Crippen LogP contribution in [0, 0.1) is 10.1 Å². The quantitative estimate of drug-likeness (QED) is 0.627. The van der Waals surface area contributed by atoms with Gasteiger partial charge in [-0.15, -0.1) is 0 Å². The summed E-state index contributed by atoms with van der Waals surface area (Å²) in [6.07, 6.45) is -0.813. The topological polar surface area (TPSA) is 75.8 Å². The Kier molecular flexibility index (Phi) is 5.54. The Bertz CT molecular complexity index is 658. The number of nitrogens with zero attached hydrogens (tertiary/aromatic N) is 2. The lowest BCUT2D eigenvalue weighted by molar-refractivity contribution is -0.385. The summed E-state index contributed by atoms with van der Waals surface area (Å²) in [6, 6.07) is 13.6. The molecule has 0 radical (unpaired) electrons. The van der Waals surface area contributed by atoms with Gasteiger partial charge in [-0.3, -0.25) is 10.1 Å². The number of aliphatic hydroxyl groups excluding tert-OH is 1. The van der Waals surface area contributed by atoms with Crippen LogP contribution in [0.4, 0.5) is 11.4 Å². The molecule has 0 heterocycles. The van der Waals surface area contributed by atoms with Crippen molar-refractivity contribution < 1.29 is 14.8 Å². The van der Waals surface area contributed by atoms with Crippen molar-refractivity contribution in [2.45, 2.75) is 13.0 Å². The minimum Gasteiger partial charge on any atom is -0.494 e. The van der Waals surface area contributed by atoms with Gasteiger partial charge < -0.3 is 14.7 Å². The molecule has 2 aromatic rings. The Labute approximate surface area is 135 Å². The molecule has 0 saturated heterocycles. The van der Waals surface area contributed by atoms with Crippen LogP contribution in [0.3, 0.4) is 0 Å². The molecule has 122 valence electrons. The second kappa shape index (κ2) is 7.60. The van der Waals surface area contributed by atoms with E-state index in [1.807, 2.05) is 43.1 Å². The standard InChI is InChI=1S/C17H20N2O4/c1-3-23-16-9-7-14(8-10-16)18(2)12-17(20)13-5-4-6-15(11-13)19(21)22/h4-11,17,20H,3,12H2,1-2H3. The number of anilines is 1. The second-order valence-corrected chi connectivity index (χ2v) is 5.18. The zero-order valence-electron chi connectivity index (χ0n) is 13.2. The van der Waals surface area contributed by atoms with E-state index in [4.69, 9.17) is 4.74 Å². The molecule has 1 unspecified atom stereocenters. The molecule has 0 spiro atoms. The van der Waals surface area contributed by atoms with Crippen LogP contribution in [0.1, 0.15) is 18.6 Å². The molecule has 23 heavy (non-hydrogen) atoms. The van der Waals surface area contributed by atoms with E-state index in [-0.39, 0.29) is 5.69 Å². The Morgan fingerprint density at radius 2 is 1.96 bits per heavy atom. The number of aliphatic hydroxyl groups is 1. The number of nitro benzene ring substituents is 1. The number of hydrogen-bond donors (Lipinski definition) is 1. The highest BCUT2D eigenvalue weighted by molar-refractivity contribution is 5.49. The summed E-state index contributed by atoms with van der Waals surface area (Å²) in [5.41, 5.74) is 1.43. The summed E-state index contributed by atoms with van der Waals surface area (Å²) < 4.78 is 5.39. The van der Waals surface area contributed by atoms with E-state index in [1.54, 1.807) is 12.1 Å². The van der Waals surface area contributed by atoms with Gasteiger partial charge in [0.15, 0.2) is 0 Å². The van der Waals surface area contributed by atoms with Crippen LogP contribution in [0.25, 0.3) is 0 Å². The Morgan fingerprint density at radius 3 is 2.57 bits per heavy atom.